The minimum absolute atomic E-state index is 0.0384. The first kappa shape index (κ1) is 12.3. The molecule has 0 N–H and O–H groups in total. The Bertz CT molecular complexity index is 467. The summed E-state index contributed by atoms with van der Waals surface area (Å²) in [5.74, 6) is 0.188. The number of thioether (sulfide) groups is 1. The van der Waals surface area contributed by atoms with Crippen LogP contribution < -0.4 is 0 Å². The van der Waals surface area contributed by atoms with E-state index in [-0.39, 0.29) is 11.0 Å². The second kappa shape index (κ2) is 5.98. The van der Waals surface area contributed by atoms with E-state index in [9.17, 15) is 4.79 Å². The summed E-state index contributed by atoms with van der Waals surface area (Å²) < 4.78 is 0.959. The quantitative estimate of drug-likeness (QED) is 0.605. The first-order chi connectivity index (χ1) is 8.31. The lowest BCUT2D eigenvalue weighted by atomic mass is 10.1. The maximum absolute atomic E-state index is 12.3. The predicted octanol–water partition coefficient (Wildman–Crippen LogP) is 3.90. The van der Waals surface area contributed by atoms with E-state index in [1.54, 1.807) is 29.3 Å². The molecular formula is C13H13NOS2. The normalized spacial score (nSPS) is 12.3. The molecule has 2 nitrogen and oxygen atoms in total. The summed E-state index contributed by atoms with van der Waals surface area (Å²) in [6.07, 6.45) is 2.59. The van der Waals surface area contributed by atoms with Crippen LogP contribution in [-0.4, -0.2) is 16.0 Å². The van der Waals surface area contributed by atoms with Gasteiger partial charge in [-0.05, 0) is 6.42 Å². The molecule has 17 heavy (non-hydrogen) atoms. The van der Waals surface area contributed by atoms with Crippen molar-refractivity contribution >= 4 is 28.9 Å². The number of thiazole rings is 1. The van der Waals surface area contributed by atoms with Crippen molar-refractivity contribution in [3.8, 4) is 0 Å². The van der Waals surface area contributed by atoms with E-state index in [1.807, 2.05) is 42.6 Å². The van der Waals surface area contributed by atoms with Gasteiger partial charge in [0.1, 0.15) is 4.34 Å². The number of carbonyl (C=O) groups excluding carboxylic acids is 1. The monoisotopic (exact) mass is 263 g/mol. The van der Waals surface area contributed by atoms with Crippen molar-refractivity contribution in [1.29, 1.82) is 0 Å². The van der Waals surface area contributed by atoms with Gasteiger partial charge >= 0.3 is 0 Å². The summed E-state index contributed by atoms with van der Waals surface area (Å²) in [6.45, 7) is 2.03. The molecule has 1 unspecified atom stereocenters. The largest absolute Gasteiger partial charge is 0.293 e. The number of nitrogens with zero attached hydrogens (tertiary/aromatic N) is 1. The lowest BCUT2D eigenvalue weighted by molar-refractivity contribution is 0.0988. The number of carbonyl (C=O) groups is 1. The molecule has 1 heterocycles. The molecule has 0 spiro atoms. The summed E-state index contributed by atoms with van der Waals surface area (Å²) in [4.78, 5) is 16.5. The van der Waals surface area contributed by atoms with Crippen LogP contribution >= 0.6 is 23.1 Å². The maximum Gasteiger partial charge on any atom is 0.176 e. The summed E-state index contributed by atoms with van der Waals surface area (Å²) in [6, 6.07) is 9.45. The summed E-state index contributed by atoms with van der Waals surface area (Å²) in [5.41, 5.74) is 0.781. The van der Waals surface area contributed by atoms with Gasteiger partial charge in [-0.3, -0.25) is 4.79 Å². The molecule has 0 fully saturated rings. The minimum Gasteiger partial charge on any atom is -0.293 e. The number of hydrogen-bond acceptors (Lipinski definition) is 4. The van der Waals surface area contributed by atoms with E-state index in [1.165, 1.54) is 0 Å². The van der Waals surface area contributed by atoms with E-state index < -0.39 is 0 Å². The molecule has 4 heteroatoms. The molecule has 0 aliphatic carbocycles. The Morgan fingerprint density at radius 1 is 1.41 bits per heavy atom. The zero-order chi connectivity index (χ0) is 12.1. The highest BCUT2D eigenvalue weighted by Gasteiger charge is 2.20. The highest BCUT2D eigenvalue weighted by Crippen LogP contribution is 2.29. The van der Waals surface area contributed by atoms with Crippen LogP contribution in [0.2, 0.25) is 0 Å². The molecule has 1 aromatic heterocycles. The molecule has 0 bridgehead atoms. The van der Waals surface area contributed by atoms with Crippen molar-refractivity contribution in [2.24, 2.45) is 0 Å². The van der Waals surface area contributed by atoms with E-state index in [4.69, 9.17) is 0 Å². The Labute approximate surface area is 109 Å². The highest BCUT2D eigenvalue weighted by atomic mass is 32.2. The van der Waals surface area contributed by atoms with Crippen LogP contribution in [0.25, 0.3) is 0 Å². The van der Waals surface area contributed by atoms with Crippen molar-refractivity contribution in [3.05, 3.63) is 47.5 Å². The topological polar surface area (TPSA) is 30.0 Å². The molecular weight excluding hydrogens is 250 g/mol. The summed E-state index contributed by atoms with van der Waals surface area (Å²) in [7, 11) is 0. The van der Waals surface area contributed by atoms with Gasteiger partial charge in [-0.2, -0.15) is 0 Å². The number of hydrogen-bond donors (Lipinski definition) is 0. The van der Waals surface area contributed by atoms with Crippen molar-refractivity contribution < 1.29 is 4.79 Å². The van der Waals surface area contributed by atoms with Crippen molar-refractivity contribution in [2.75, 3.05) is 0 Å². The Hall–Kier alpha value is -1.13. The lowest BCUT2D eigenvalue weighted by Gasteiger charge is -2.11. The summed E-state index contributed by atoms with van der Waals surface area (Å²) in [5, 5.41) is 1.89. The molecule has 2 aromatic rings. The Morgan fingerprint density at radius 3 is 2.76 bits per heavy atom. The number of Topliss-reactive ketones (excluding diaryl/α,β-unsaturated/α-hetero) is 1. The SMILES string of the molecule is CCC(Sc1nccs1)C(=O)c1ccccc1. The molecule has 88 valence electrons. The average Bonchev–Trinajstić information content (AvgIpc) is 2.89. The molecule has 0 saturated heterocycles. The molecule has 1 atom stereocenters. The van der Waals surface area contributed by atoms with Crippen molar-refractivity contribution in [2.45, 2.75) is 22.9 Å². The van der Waals surface area contributed by atoms with Gasteiger partial charge in [-0.15, -0.1) is 11.3 Å². The third-order valence-electron chi connectivity index (χ3n) is 2.37. The zero-order valence-electron chi connectivity index (χ0n) is 9.50. The lowest BCUT2D eigenvalue weighted by Crippen LogP contribution is -2.16. The van der Waals surface area contributed by atoms with E-state index in [2.05, 4.69) is 4.98 Å². The smallest absolute Gasteiger partial charge is 0.176 e. The zero-order valence-corrected chi connectivity index (χ0v) is 11.1. The molecule has 0 radical (unpaired) electrons. The van der Waals surface area contributed by atoms with Gasteiger partial charge in [-0.25, -0.2) is 4.98 Å². The first-order valence-electron chi connectivity index (χ1n) is 5.46. The summed E-state index contributed by atoms with van der Waals surface area (Å²) >= 11 is 3.14. The molecule has 2 rings (SSSR count). The fourth-order valence-corrected chi connectivity index (χ4v) is 3.37. The van der Waals surface area contributed by atoms with Crippen molar-refractivity contribution in [3.63, 3.8) is 0 Å². The van der Waals surface area contributed by atoms with Crippen molar-refractivity contribution in [1.82, 2.24) is 4.98 Å². The molecule has 0 amide bonds. The van der Waals surface area contributed by atoms with Crippen LogP contribution in [0.4, 0.5) is 0 Å². The number of benzene rings is 1. The highest BCUT2D eigenvalue weighted by molar-refractivity contribution is 8.02. The van der Waals surface area contributed by atoms with Gasteiger partial charge in [0.15, 0.2) is 5.78 Å². The van der Waals surface area contributed by atoms with E-state index in [0.717, 1.165) is 16.3 Å². The van der Waals surface area contributed by atoms with Gasteiger partial charge in [0, 0.05) is 17.1 Å². The molecule has 0 saturated carbocycles. The van der Waals surface area contributed by atoms with Crippen LogP contribution in [0.3, 0.4) is 0 Å². The van der Waals surface area contributed by atoms with Crippen LogP contribution in [0.5, 0.6) is 0 Å². The molecule has 0 aliphatic heterocycles. The Kier molecular flexibility index (Phi) is 4.34. The second-order valence-electron chi connectivity index (χ2n) is 3.54. The van der Waals surface area contributed by atoms with Crippen LogP contribution in [-0.2, 0) is 0 Å². The number of aromatic nitrogens is 1. The third-order valence-corrected chi connectivity index (χ3v) is 4.66. The minimum atomic E-state index is -0.0384. The number of ketones is 1. The third kappa shape index (κ3) is 3.17. The second-order valence-corrected chi connectivity index (χ2v) is 5.89. The fraction of sp³-hybridized carbons (Fsp3) is 0.231. The van der Waals surface area contributed by atoms with E-state index >= 15 is 0 Å². The molecule has 1 aromatic carbocycles. The number of rotatable bonds is 5. The van der Waals surface area contributed by atoms with Gasteiger partial charge in [0.05, 0.1) is 5.25 Å². The van der Waals surface area contributed by atoms with Gasteiger partial charge < -0.3 is 0 Å². The Morgan fingerprint density at radius 2 is 2.18 bits per heavy atom. The van der Waals surface area contributed by atoms with Gasteiger partial charge in [-0.1, -0.05) is 49.0 Å². The Balaban J connectivity index is 2.11. The van der Waals surface area contributed by atoms with Crippen LogP contribution in [0.1, 0.15) is 23.7 Å². The van der Waals surface area contributed by atoms with Crippen LogP contribution in [0.15, 0.2) is 46.2 Å². The van der Waals surface area contributed by atoms with Gasteiger partial charge in [0.25, 0.3) is 0 Å². The maximum atomic E-state index is 12.3. The van der Waals surface area contributed by atoms with Crippen LogP contribution in [0, 0.1) is 0 Å². The molecule has 0 aliphatic rings. The van der Waals surface area contributed by atoms with Gasteiger partial charge in [0.2, 0.25) is 0 Å². The van der Waals surface area contributed by atoms with E-state index in [0.29, 0.717) is 0 Å². The predicted molar refractivity (Wildman–Crippen MR) is 72.8 cm³/mol. The average molecular weight is 263 g/mol. The standard InChI is InChI=1S/C13H13NOS2/c1-2-11(17-13-14-8-9-16-13)12(15)10-6-4-3-5-7-10/h3-9,11H,2H2,1H3. The fourth-order valence-electron chi connectivity index (χ4n) is 1.50. The first-order valence-corrected chi connectivity index (χ1v) is 7.22.